The molecule has 2 N–H and O–H groups in total. The molecule has 0 radical (unpaired) electrons. The van der Waals surface area contributed by atoms with Gasteiger partial charge in [0.2, 0.25) is 0 Å². The van der Waals surface area contributed by atoms with Gasteiger partial charge >= 0.3 is 0 Å². The van der Waals surface area contributed by atoms with Crippen LogP contribution in [0, 0.1) is 15.9 Å². The first kappa shape index (κ1) is 14.4. The fraction of sp³-hybridized carbons (Fsp3) is 0.500. The highest BCUT2D eigenvalue weighted by atomic mass is 19.1. The van der Waals surface area contributed by atoms with Crippen LogP contribution in [0.2, 0.25) is 0 Å². The number of nitrogens with zero attached hydrogens (tertiary/aromatic N) is 1. The van der Waals surface area contributed by atoms with Gasteiger partial charge in [0, 0.05) is 12.1 Å². The minimum absolute atomic E-state index is 0.0215. The molecule has 0 spiro atoms. The molecular formula is C12H17FN2O3. The summed E-state index contributed by atoms with van der Waals surface area (Å²) in [6.45, 7) is 3.75. The molecule has 6 heteroatoms. The van der Waals surface area contributed by atoms with Crippen LogP contribution in [0.3, 0.4) is 0 Å². The summed E-state index contributed by atoms with van der Waals surface area (Å²) in [5, 5.41) is 22.9. The summed E-state index contributed by atoms with van der Waals surface area (Å²) in [4.78, 5) is 10.2. The Kier molecular flexibility index (Phi) is 4.61. The number of halogens is 1. The van der Waals surface area contributed by atoms with Crippen molar-refractivity contribution in [2.45, 2.75) is 32.2 Å². The molecular weight excluding hydrogens is 239 g/mol. The quantitative estimate of drug-likeness (QED) is 0.606. The van der Waals surface area contributed by atoms with Crippen LogP contribution in [0.1, 0.15) is 26.7 Å². The lowest BCUT2D eigenvalue weighted by molar-refractivity contribution is -0.384. The number of hydrogen-bond donors (Lipinski definition) is 2. The molecule has 0 aliphatic heterocycles. The second kappa shape index (κ2) is 5.77. The van der Waals surface area contributed by atoms with Crippen molar-refractivity contribution in [3.05, 3.63) is 34.1 Å². The minimum Gasteiger partial charge on any atom is -0.396 e. The predicted molar refractivity (Wildman–Crippen MR) is 67.1 cm³/mol. The Balaban J connectivity index is 3.06. The highest BCUT2D eigenvalue weighted by Crippen LogP contribution is 2.30. The molecule has 0 amide bonds. The Morgan fingerprint density at radius 3 is 2.72 bits per heavy atom. The van der Waals surface area contributed by atoms with E-state index in [0.717, 1.165) is 6.07 Å². The van der Waals surface area contributed by atoms with E-state index in [2.05, 4.69) is 5.32 Å². The zero-order valence-corrected chi connectivity index (χ0v) is 10.4. The third-order valence-electron chi connectivity index (χ3n) is 3.04. The lowest BCUT2D eigenvalue weighted by Crippen LogP contribution is -2.35. The Hall–Kier alpha value is -1.69. The fourth-order valence-corrected chi connectivity index (χ4v) is 1.66. The minimum atomic E-state index is -0.646. The standard InChI is InChI=1S/C12H17FN2O3/c1-3-12(2,6-7-16)14-10-5-4-9(13)8-11(10)15(17)18/h4-5,8,14,16H,3,6-7H2,1-2H3. The normalized spacial score (nSPS) is 14.0. The first-order valence-electron chi connectivity index (χ1n) is 5.75. The third-order valence-corrected chi connectivity index (χ3v) is 3.04. The zero-order chi connectivity index (χ0) is 13.8. The van der Waals surface area contributed by atoms with Crippen molar-refractivity contribution in [3.63, 3.8) is 0 Å². The number of aliphatic hydroxyl groups excluding tert-OH is 1. The molecule has 1 aromatic rings. The third kappa shape index (κ3) is 3.40. The summed E-state index contributed by atoms with van der Waals surface area (Å²) < 4.78 is 13.0. The number of nitrogens with one attached hydrogen (secondary N) is 1. The SMILES string of the molecule is CCC(C)(CCO)Nc1ccc(F)cc1[N+](=O)[O-]. The maximum atomic E-state index is 13.0. The van der Waals surface area contributed by atoms with E-state index in [1.54, 1.807) is 0 Å². The molecule has 0 aromatic heterocycles. The maximum absolute atomic E-state index is 13.0. The van der Waals surface area contributed by atoms with Crippen LogP contribution in [-0.4, -0.2) is 22.2 Å². The van der Waals surface area contributed by atoms with Crippen LogP contribution in [-0.2, 0) is 0 Å². The van der Waals surface area contributed by atoms with Gasteiger partial charge in [0.05, 0.1) is 11.0 Å². The lowest BCUT2D eigenvalue weighted by atomic mass is 9.94. The topological polar surface area (TPSA) is 75.4 Å². The van der Waals surface area contributed by atoms with Crippen molar-refractivity contribution in [1.29, 1.82) is 0 Å². The fourth-order valence-electron chi connectivity index (χ4n) is 1.66. The first-order chi connectivity index (χ1) is 8.41. The maximum Gasteiger partial charge on any atom is 0.295 e. The summed E-state index contributed by atoms with van der Waals surface area (Å²) >= 11 is 0. The summed E-state index contributed by atoms with van der Waals surface area (Å²) in [5.41, 5.74) is -0.496. The van der Waals surface area contributed by atoms with E-state index in [4.69, 9.17) is 5.11 Å². The first-order valence-corrected chi connectivity index (χ1v) is 5.75. The summed E-state index contributed by atoms with van der Waals surface area (Å²) in [6.07, 6.45) is 1.14. The lowest BCUT2D eigenvalue weighted by Gasteiger charge is -2.30. The van der Waals surface area contributed by atoms with Gasteiger partial charge < -0.3 is 10.4 Å². The molecule has 1 aromatic carbocycles. The van der Waals surface area contributed by atoms with Gasteiger partial charge in [0.1, 0.15) is 11.5 Å². The van der Waals surface area contributed by atoms with Crippen molar-refractivity contribution in [2.75, 3.05) is 11.9 Å². The van der Waals surface area contributed by atoms with E-state index in [-0.39, 0.29) is 18.0 Å². The van der Waals surface area contributed by atoms with Gasteiger partial charge in [-0.2, -0.15) is 0 Å². The molecule has 0 saturated carbocycles. The number of rotatable bonds is 6. The highest BCUT2D eigenvalue weighted by Gasteiger charge is 2.25. The van der Waals surface area contributed by atoms with Gasteiger partial charge in [-0.1, -0.05) is 6.92 Å². The van der Waals surface area contributed by atoms with Gasteiger partial charge in [-0.3, -0.25) is 10.1 Å². The highest BCUT2D eigenvalue weighted by molar-refractivity contribution is 5.62. The molecule has 100 valence electrons. The van der Waals surface area contributed by atoms with E-state index in [1.807, 2.05) is 13.8 Å². The van der Waals surface area contributed by atoms with Crippen molar-refractivity contribution in [3.8, 4) is 0 Å². The second-order valence-corrected chi connectivity index (χ2v) is 4.43. The van der Waals surface area contributed by atoms with E-state index in [0.29, 0.717) is 12.8 Å². The predicted octanol–water partition coefficient (Wildman–Crippen LogP) is 2.70. The number of nitro benzene ring substituents is 1. The van der Waals surface area contributed by atoms with Crippen LogP contribution < -0.4 is 5.32 Å². The van der Waals surface area contributed by atoms with Crippen molar-refractivity contribution < 1.29 is 14.4 Å². The molecule has 0 bridgehead atoms. The van der Waals surface area contributed by atoms with Crippen molar-refractivity contribution in [1.82, 2.24) is 0 Å². The average Bonchev–Trinajstić information content (AvgIpc) is 2.31. The Labute approximate surface area is 105 Å². The van der Waals surface area contributed by atoms with Gasteiger partial charge in [-0.05, 0) is 31.9 Å². The van der Waals surface area contributed by atoms with Gasteiger partial charge in [-0.15, -0.1) is 0 Å². The molecule has 0 saturated heterocycles. The summed E-state index contributed by atoms with van der Waals surface area (Å²) in [7, 11) is 0. The van der Waals surface area contributed by atoms with E-state index < -0.39 is 16.3 Å². The molecule has 0 heterocycles. The summed E-state index contributed by atoms with van der Waals surface area (Å²) in [5.74, 6) is -0.646. The van der Waals surface area contributed by atoms with Crippen LogP contribution >= 0.6 is 0 Å². The van der Waals surface area contributed by atoms with E-state index in [9.17, 15) is 14.5 Å². The van der Waals surface area contributed by atoms with Gasteiger partial charge in [-0.25, -0.2) is 4.39 Å². The number of anilines is 1. The van der Waals surface area contributed by atoms with Crippen molar-refractivity contribution in [2.24, 2.45) is 0 Å². The Bertz CT molecular complexity index is 439. The molecule has 1 unspecified atom stereocenters. The number of aliphatic hydroxyl groups is 1. The molecule has 1 rings (SSSR count). The Morgan fingerprint density at radius 1 is 1.56 bits per heavy atom. The molecule has 18 heavy (non-hydrogen) atoms. The molecule has 0 aliphatic rings. The summed E-state index contributed by atoms with van der Waals surface area (Å²) in [6, 6.07) is 3.40. The molecule has 5 nitrogen and oxygen atoms in total. The largest absolute Gasteiger partial charge is 0.396 e. The van der Waals surface area contributed by atoms with Gasteiger partial charge in [0.25, 0.3) is 5.69 Å². The number of benzene rings is 1. The van der Waals surface area contributed by atoms with Gasteiger partial charge in [0.15, 0.2) is 0 Å². The second-order valence-electron chi connectivity index (χ2n) is 4.43. The van der Waals surface area contributed by atoms with E-state index >= 15 is 0 Å². The number of nitro groups is 1. The van der Waals surface area contributed by atoms with E-state index in [1.165, 1.54) is 12.1 Å². The molecule has 1 atom stereocenters. The zero-order valence-electron chi connectivity index (χ0n) is 10.4. The van der Waals surface area contributed by atoms with Crippen LogP contribution in [0.15, 0.2) is 18.2 Å². The average molecular weight is 256 g/mol. The Morgan fingerprint density at radius 2 is 2.22 bits per heavy atom. The monoisotopic (exact) mass is 256 g/mol. The van der Waals surface area contributed by atoms with Crippen molar-refractivity contribution >= 4 is 11.4 Å². The smallest absolute Gasteiger partial charge is 0.295 e. The van der Waals surface area contributed by atoms with Crippen LogP contribution in [0.5, 0.6) is 0 Å². The molecule has 0 fully saturated rings. The van der Waals surface area contributed by atoms with Crippen LogP contribution in [0.4, 0.5) is 15.8 Å². The number of hydrogen-bond acceptors (Lipinski definition) is 4. The van der Waals surface area contributed by atoms with Crippen LogP contribution in [0.25, 0.3) is 0 Å². The molecule has 0 aliphatic carbocycles.